The lowest BCUT2D eigenvalue weighted by atomic mass is 9.90. The van der Waals surface area contributed by atoms with Gasteiger partial charge in [0, 0.05) is 32.2 Å². The Morgan fingerprint density at radius 2 is 2.21 bits per heavy atom. The number of amides is 1. The summed E-state index contributed by atoms with van der Waals surface area (Å²) in [7, 11) is 0. The fourth-order valence-corrected chi connectivity index (χ4v) is 3.24. The van der Waals surface area contributed by atoms with E-state index in [1.165, 1.54) is 12.8 Å². The first-order chi connectivity index (χ1) is 9.20. The van der Waals surface area contributed by atoms with Crippen LogP contribution >= 0.6 is 0 Å². The highest BCUT2D eigenvalue weighted by molar-refractivity contribution is 5.77. The molecule has 2 aliphatic heterocycles. The Morgan fingerprint density at radius 1 is 1.37 bits per heavy atom. The predicted octanol–water partition coefficient (Wildman–Crippen LogP) is 1.79. The molecule has 4 nitrogen and oxygen atoms in total. The van der Waals surface area contributed by atoms with Crippen molar-refractivity contribution in [1.29, 1.82) is 0 Å². The Kier molecular flexibility index (Phi) is 5.64. The van der Waals surface area contributed by atoms with E-state index in [1.807, 2.05) is 11.8 Å². The summed E-state index contributed by atoms with van der Waals surface area (Å²) in [6.45, 7) is 7.77. The number of carbonyl (C=O) groups excluding carboxylic acids is 1. The first kappa shape index (κ1) is 14.8. The largest absolute Gasteiger partial charge is 0.377 e. The minimum absolute atomic E-state index is 0.249. The second-order valence-electron chi connectivity index (χ2n) is 5.94. The number of hydrogen-bond donors (Lipinski definition) is 1. The Morgan fingerprint density at radius 3 is 2.95 bits per heavy atom. The number of carbonyl (C=O) groups is 1. The van der Waals surface area contributed by atoms with Gasteiger partial charge in [0.05, 0.1) is 6.10 Å². The van der Waals surface area contributed by atoms with Gasteiger partial charge in [-0.05, 0) is 45.1 Å². The van der Waals surface area contributed by atoms with Crippen molar-refractivity contribution in [1.82, 2.24) is 10.2 Å². The van der Waals surface area contributed by atoms with Gasteiger partial charge in [-0.15, -0.1) is 0 Å². The molecule has 1 N–H and O–H groups in total. The maximum Gasteiger partial charge on any atom is 0.224 e. The van der Waals surface area contributed by atoms with Crippen molar-refractivity contribution >= 4 is 5.91 Å². The van der Waals surface area contributed by atoms with E-state index < -0.39 is 0 Å². The Bertz CT molecular complexity index is 294. The smallest absolute Gasteiger partial charge is 0.224 e. The molecule has 2 heterocycles. The maximum atomic E-state index is 12.4. The molecule has 0 aliphatic carbocycles. The Hall–Kier alpha value is -0.610. The first-order valence-electron chi connectivity index (χ1n) is 7.83. The summed E-state index contributed by atoms with van der Waals surface area (Å²) >= 11 is 0. The van der Waals surface area contributed by atoms with E-state index in [2.05, 4.69) is 12.2 Å². The lowest BCUT2D eigenvalue weighted by Crippen LogP contribution is -2.48. The molecule has 2 rings (SSSR count). The van der Waals surface area contributed by atoms with Crippen LogP contribution in [0.2, 0.25) is 0 Å². The monoisotopic (exact) mass is 268 g/mol. The van der Waals surface area contributed by atoms with Gasteiger partial charge in [0.25, 0.3) is 0 Å². The first-order valence-corrected chi connectivity index (χ1v) is 7.83. The Labute approximate surface area is 116 Å². The summed E-state index contributed by atoms with van der Waals surface area (Å²) in [5, 5.41) is 3.50. The van der Waals surface area contributed by atoms with E-state index >= 15 is 0 Å². The van der Waals surface area contributed by atoms with Crippen LogP contribution in [0.15, 0.2) is 0 Å². The van der Waals surface area contributed by atoms with Gasteiger partial charge in [-0.2, -0.15) is 0 Å². The summed E-state index contributed by atoms with van der Waals surface area (Å²) in [6, 6.07) is 0.369. The highest BCUT2D eigenvalue weighted by Crippen LogP contribution is 2.20. The molecule has 0 aromatic carbocycles. The van der Waals surface area contributed by atoms with Crippen LogP contribution in [0.4, 0.5) is 0 Å². The van der Waals surface area contributed by atoms with Crippen LogP contribution < -0.4 is 5.32 Å². The molecular formula is C15H28N2O2. The molecule has 3 atom stereocenters. The van der Waals surface area contributed by atoms with Crippen molar-refractivity contribution in [2.75, 3.05) is 26.2 Å². The van der Waals surface area contributed by atoms with Gasteiger partial charge in [0.1, 0.15) is 0 Å². The number of likely N-dealkylation sites (tertiary alicyclic amines) is 1. The minimum Gasteiger partial charge on any atom is -0.377 e. The maximum absolute atomic E-state index is 12.4. The zero-order valence-corrected chi connectivity index (χ0v) is 12.4. The Balaban J connectivity index is 1.81. The van der Waals surface area contributed by atoms with E-state index in [9.17, 15) is 4.79 Å². The summed E-state index contributed by atoms with van der Waals surface area (Å²) in [6.07, 6.45) is 5.55. The summed E-state index contributed by atoms with van der Waals surface area (Å²) in [5.74, 6) is 0.917. The zero-order chi connectivity index (χ0) is 13.7. The standard InChI is InChI=1S/C15H28N2O2/c1-3-19-13-7-5-9-17(11-13)15(18)10-14-12(2)6-4-8-16-14/h12-14,16H,3-11H2,1-2H3. The third-order valence-corrected chi connectivity index (χ3v) is 4.46. The van der Waals surface area contributed by atoms with Crippen molar-refractivity contribution in [3.63, 3.8) is 0 Å². The van der Waals surface area contributed by atoms with Gasteiger partial charge in [-0.25, -0.2) is 0 Å². The summed E-state index contributed by atoms with van der Waals surface area (Å²) in [4.78, 5) is 14.4. The fraction of sp³-hybridized carbons (Fsp3) is 0.933. The van der Waals surface area contributed by atoms with Gasteiger partial charge >= 0.3 is 0 Å². The molecule has 0 aromatic heterocycles. The molecule has 3 unspecified atom stereocenters. The van der Waals surface area contributed by atoms with Crippen LogP contribution in [0.5, 0.6) is 0 Å². The summed E-state index contributed by atoms with van der Waals surface area (Å²) < 4.78 is 5.66. The molecule has 2 aliphatic rings. The van der Waals surface area contributed by atoms with Gasteiger partial charge in [-0.1, -0.05) is 6.92 Å². The molecule has 2 fully saturated rings. The van der Waals surface area contributed by atoms with Crippen LogP contribution in [0.3, 0.4) is 0 Å². The van der Waals surface area contributed by atoms with Crippen molar-refractivity contribution in [2.45, 2.75) is 58.1 Å². The quantitative estimate of drug-likeness (QED) is 0.845. The van der Waals surface area contributed by atoms with Gasteiger partial charge in [0.2, 0.25) is 5.91 Å². The molecule has 4 heteroatoms. The van der Waals surface area contributed by atoms with Crippen LogP contribution in [-0.2, 0) is 9.53 Å². The lowest BCUT2D eigenvalue weighted by Gasteiger charge is -2.35. The second kappa shape index (κ2) is 7.25. The van der Waals surface area contributed by atoms with Gasteiger partial charge < -0.3 is 15.0 Å². The average Bonchev–Trinajstić information content (AvgIpc) is 2.42. The average molecular weight is 268 g/mol. The topological polar surface area (TPSA) is 41.6 Å². The second-order valence-corrected chi connectivity index (χ2v) is 5.94. The van der Waals surface area contributed by atoms with Crippen LogP contribution in [-0.4, -0.2) is 49.2 Å². The SMILES string of the molecule is CCOC1CCCN(C(=O)CC2NCCCC2C)C1. The molecule has 0 spiro atoms. The van der Waals surface area contributed by atoms with Gasteiger partial charge in [0.15, 0.2) is 0 Å². The van der Waals surface area contributed by atoms with Crippen molar-refractivity contribution in [2.24, 2.45) is 5.92 Å². The number of nitrogens with zero attached hydrogens (tertiary/aromatic N) is 1. The molecule has 2 saturated heterocycles. The fourth-order valence-electron chi connectivity index (χ4n) is 3.24. The molecule has 0 bridgehead atoms. The number of hydrogen-bond acceptors (Lipinski definition) is 3. The third kappa shape index (κ3) is 4.18. The van der Waals surface area contributed by atoms with E-state index in [0.717, 1.165) is 39.1 Å². The van der Waals surface area contributed by atoms with Crippen molar-refractivity contribution < 1.29 is 9.53 Å². The van der Waals surface area contributed by atoms with Crippen LogP contribution in [0, 0.1) is 5.92 Å². The molecule has 0 saturated carbocycles. The molecule has 0 radical (unpaired) electrons. The normalized spacial score (nSPS) is 32.3. The van der Waals surface area contributed by atoms with E-state index in [1.54, 1.807) is 0 Å². The number of nitrogens with one attached hydrogen (secondary N) is 1. The molecular weight excluding hydrogens is 240 g/mol. The van der Waals surface area contributed by atoms with Crippen molar-refractivity contribution in [3.05, 3.63) is 0 Å². The molecule has 110 valence electrons. The molecule has 19 heavy (non-hydrogen) atoms. The van der Waals surface area contributed by atoms with Crippen molar-refractivity contribution in [3.8, 4) is 0 Å². The predicted molar refractivity (Wildman–Crippen MR) is 76.0 cm³/mol. The van der Waals surface area contributed by atoms with Gasteiger partial charge in [-0.3, -0.25) is 4.79 Å². The van der Waals surface area contributed by atoms with E-state index in [4.69, 9.17) is 4.74 Å². The van der Waals surface area contributed by atoms with E-state index in [0.29, 0.717) is 24.3 Å². The lowest BCUT2D eigenvalue weighted by molar-refractivity contribution is -0.136. The number of ether oxygens (including phenoxy) is 1. The highest BCUT2D eigenvalue weighted by Gasteiger charge is 2.28. The minimum atomic E-state index is 0.249. The number of piperidine rings is 2. The zero-order valence-electron chi connectivity index (χ0n) is 12.4. The summed E-state index contributed by atoms with van der Waals surface area (Å²) in [5.41, 5.74) is 0. The van der Waals surface area contributed by atoms with Crippen LogP contribution in [0.1, 0.15) is 46.0 Å². The van der Waals surface area contributed by atoms with E-state index in [-0.39, 0.29) is 6.10 Å². The molecule has 0 aromatic rings. The highest BCUT2D eigenvalue weighted by atomic mass is 16.5. The number of rotatable bonds is 4. The third-order valence-electron chi connectivity index (χ3n) is 4.46. The molecule has 1 amide bonds. The van der Waals surface area contributed by atoms with Crippen LogP contribution in [0.25, 0.3) is 0 Å².